The Morgan fingerprint density at radius 3 is 1.83 bits per heavy atom. The second-order valence-electron chi connectivity index (χ2n) is 5.64. The molecule has 0 N–H and O–H groups in total. The van der Waals surface area contributed by atoms with Crippen LogP contribution in [0.25, 0.3) is 0 Å². The molecular weight excluding hydrogens is 320 g/mol. The summed E-state index contributed by atoms with van der Waals surface area (Å²) in [5, 5.41) is 0. The molecule has 1 saturated heterocycles. The normalized spacial score (nSPS) is 29.6. The standard InChI is InChI=1S/C16H26O8/c1-6-7-8-12-13(21-9(2)17)14(22-10(3)18)15(23-11(4)19)16(20-5)24-12/h12-16H,6-8H2,1-5H3/t12-,13+,14-,15+,16+/m1/s1. The van der Waals surface area contributed by atoms with Gasteiger partial charge in [-0.1, -0.05) is 19.8 Å². The van der Waals surface area contributed by atoms with Crippen LogP contribution in [0.2, 0.25) is 0 Å². The molecule has 24 heavy (non-hydrogen) atoms. The van der Waals surface area contributed by atoms with Crippen LogP contribution in [0.3, 0.4) is 0 Å². The summed E-state index contributed by atoms with van der Waals surface area (Å²) in [6.07, 6.45) is -2.05. The Kier molecular flexibility index (Phi) is 8.14. The van der Waals surface area contributed by atoms with Crippen molar-refractivity contribution < 1.29 is 38.1 Å². The van der Waals surface area contributed by atoms with E-state index in [0.717, 1.165) is 12.8 Å². The Labute approximate surface area is 141 Å². The summed E-state index contributed by atoms with van der Waals surface area (Å²) < 4.78 is 26.9. The molecule has 5 atom stereocenters. The lowest BCUT2D eigenvalue weighted by Gasteiger charge is -2.44. The molecule has 8 nitrogen and oxygen atoms in total. The highest BCUT2D eigenvalue weighted by Gasteiger charge is 2.51. The lowest BCUT2D eigenvalue weighted by atomic mass is 9.94. The van der Waals surface area contributed by atoms with Crippen molar-refractivity contribution in [2.24, 2.45) is 0 Å². The molecule has 1 aliphatic rings. The first-order chi connectivity index (χ1) is 11.3. The maximum absolute atomic E-state index is 11.5. The average Bonchev–Trinajstić information content (AvgIpc) is 2.48. The number of esters is 3. The first-order valence-electron chi connectivity index (χ1n) is 8.00. The summed E-state index contributed by atoms with van der Waals surface area (Å²) in [5.41, 5.74) is 0. The van der Waals surface area contributed by atoms with Gasteiger partial charge in [0.1, 0.15) is 6.10 Å². The van der Waals surface area contributed by atoms with Crippen LogP contribution in [-0.4, -0.2) is 55.7 Å². The van der Waals surface area contributed by atoms with Crippen molar-refractivity contribution in [2.45, 2.75) is 77.7 Å². The number of unbranched alkanes of at least 4 members (excludes halogenated alkanes) is 1. The SMILES string of the molecule is CCCC[C@H]1O[C@H](OC)[C@@H](OC(C)=O)[C@H](OC(C)=O)[C@H]1OC(C)=O. The van der Waals surface area contributed by atoms with Gasteiger partial charge in [-0.05, 0) is 6.42 Å². The van der Waals surface area contributed by atoms with Gasteiger partial charge in [0.25, 0.3) is 0 Å². The number of hydrogen-bond donors (Lipinski definition) is 0. The Bertz CT molecular complexity index is 449. The highest BCUT2D eigenvalue weighted by Crippen LogP contribution is 2.31. The molecule has 0 aromatic rings. The van der Waals surface area contributed by atoms with Crippen LogP contribution >= 0.6 is 0 Å². The third-order valence-electron chi connectivity index (χ3n) is 3.57. The zero-order valence-corrected chi connectivity index (χ0v) is 14.8. The van der Waals surface area contributed by atoms with Crippen LogP contribution < -0.4 is 0 Å². The molecule has 0 aromatic heterocycles. The van der Waals surface area contributed by atoms with Gasteiger partial charge in [-0.15, -0.1) is 0 Å². The number of carbonyl (C=O) groups is 3. The van der Waals surface area contributed by atoms with Gasteiger partial charge < -0.3 is 23.7 Å². The number of methoxy groups -OCH3 is 1. The van der Waals surface area contributed by atoms with Crippen molar-refractivity contribution in [2.75, 3.05) is 7.11 Å². The molecule has 0 saturated carbocycles. The number of carbonyl (C=O) groups excluding carboxylic acids is 3. The molecule has 0 bridgehead atoms. The molecule has 0 aliphatic carbocycles. The maximum atomic E-state index is 11.5. The second kappa shape index (κ2) is 9.58. The van der Waals surface area contributed by atoms with Gasteiger partial charge >= 0.3 is 17.9 Å². The predicted octanol–water partition coefficient (Wildman–Crippen LogP) is 1.34. The minimum absolute atomic E-state index is 0.532. The molecule has 0 amide bonds. The largest absolute Gasteiger partial charge is 0.456 e. The van der Waals surface area contributed by atoms with E-state index >= 15 is 0 Å². The highest BCUT2D eigenvalue weighted by atomic mass is 16.7. The Hall–Kier alpha value is -1.67. The molecule has 0 radical (unpaired) electrons. The van der Waals surface area contributed by atoms with E-state index in [-0.39, 0.29) is 0 Å². The Balaban J connectivity index is 3.15. The second-order valence-corrected chi connectivity index (χ2v) is 5.64. The summed E-state index contributed by atoms with van der Waals surface area (Å²) in [6, 6.07) is 0. The quantitative estimate of drug-likeness (QED) is 0.503. The molecule has 0 aromatic carbocycles. The van der Waals surface area contributed by atoms with E-state index in [1.165, 1.54) is 27.9 Å². The third-order valence-corrected chi connectivity index (χ3v) is 3.57. The summed E-state index contributed by atoms with van der Waals surface area (Å²) in [7, 11) is 1.40. The summed E-state index contributed by atoms with van der Waals surface area (Å²) >= 11 is 0. The van der Waals surface area contributed by atoms with Crippen LogP contribution in [0.4, 0.5) is 0 Å². The first-order valence-corrected chi connectivity index (χ1v) is 8.00. The smallest absolute Gasteiger partial charge is 0.303 e. The van der Waals surface area contributed by atoms with Crippen molar-refractivity contribution in [1.82, 2.24) is 0 Å². The van der Waals surface area contributed by atoms with Gasteiger partial charge in [0.15, 0.2) is 24.6 Å². The van der Waals surface area contributed by atoms with Gasteiger partial charge in [0.05, 0.1) is 0 Å². The topological polar surface area (TPSA) is 97.4 Å². The minimum Gasteiger partial charge on any atom is -0.456 e. The van der Waals surface area contributed by atoms with Gasteiger partial charge in [0, 0.05) is 27.9 Å². The lowest BCUT2D eigenvalue weighted by molar-refractivity contribution is -0.299. The fourth-order valence-electron chi connectivity index (χ4n) is 2.68. The van der Waals surface area contributed by atoms with Gasteiger partial charge in [-0.2, -0.15) is 0 Å². The number of ether oxygens (including phenoxy) is 5. The molecule has 0 spiro atoms. The van der Waals surface area contributed by atoms with Crippen molar-refractivity contribution in [1.29, 1.82) is 0 Å². The third kappa shape index (κ3) is 5.76. The fourth-order valence-corrected chi connectivity index (χ4v) is 2.68. The van der Waals surface area contributed by atoms with E-state index < -0.39 is 48.6 Å². The van der Waals surface area contributed by atoms with Crippen molar-refractivity contribution in [3.8, 4) is 0 Å². The van der Waals surface area contributed by atoms with E-state index in [4.69, 9.17) is 23.7 Å². The van der Waals surface area contributed by atoms with Crippen LogP contribution in [0.15, 0.2) is 0 Å². The monoisotopic (exact) mass is 346 g/mol. The van der Waals surface area contributed by atoms with Gasteiger partial charge in [-0.25, -0.2) is 0 Å². The minimum atomic E-state index is -1.03. The maximum Gasteiger partial charge on any atom is 0.303 e. The van der Waals surface area contributed by atoms with Gasteiger partial charge in [0.2, 0.25) is 0 Å². The molecular formula is C16H26O8. The molecule has 8 heteroatoms. The van der Waals surface area contributed by atoms with Crippen molar-refractivity contribution in [3.63, 3.8) is 0 Å². The predicted molar refractivity (Wildman–Crippen MR) is 81.9 cm³/mol. The first kappa shape index (κ1) is 20.4. The zero-order chi connectivity index (χ0) is 18.3. The number of rotatable bonds is 7. The molecule has 1 rings (SSSR count). The van der Waals surface area contributed by atoms with Crippen molar-refractivity contribution >= 4 is 17.9 Å². The van der Waals surface area contributed by atoms with Crippen LogP contribution in [0, 0.1) is 0 Å². The zero-order valence-electron chi connectivity index (χ0n) is 14.8. The van der Waals surface area contributed by atoms with E-state index in [0.29, 0.717) is 6.42 Å². The highest BCUT2D eigenvalue weighted by molar-refractivity contribution is 5.68. The summed E-state index contributed by atoms with van der Waals surface area (Å²) in [5.74, 6) is -1.71. The fraction of sp³-hybridized carbons (Fsp3) is 0.812. The van der Waals surface area contributed by atoms with Crippen LogP contribution in [-0.2, 0) is 38.1 Å². The molecule has 1 fully saturated rings. The van der Waals surface area contributed by atoms with Gasteiger partial charge in [-0.3, -0.25) is 14.4 Å². The lowest BCUT2D eigenvalue weighted by Crippen LogP contribution is -2.61. The molecule has 1 aliphatic heterocycles. The van der Waals surface area contributed by atoms with Crippen molar-refractivity contribution in [3.05, 3.63) is 0 Å². The molecule has 138 valence electrons. The van der Waals surface area contributed by atoms with Crippen LogP contribution in [0.1, 0.15) is 47.0 Å². The Morgan fingerprint density at radius 2 is 1.38 bits per heavy atom. The Morgan fingerprint density at radius 1 is 0.875 bits per heavy atom. The summed E-state index contributed by atoms with van der Waals surface area (Å²) in [4.78, 5) is 34.4. The van der Waals surface area contributed by atoms with E-state index in [2.05, 4.69) is 0 Å². The van der Waals surface area contributed by atoms with E-state index in [1.807, 2.05) is 6.92 Å². The van der Waals surface area contributed by atoms with E-state index in [1.54, 1.807) is 0 Å². The molecule has 0 unspecified atom stereocenters. The molecule has 1 heterocycles. The number of hydrogen-bond acceptors (Lipinski definition) is 8. The summed E-state index contributed by atoms with van der Waals surface area (Å²) in [6.45, 7) is 5.73. The average molecular weight is 346 g/mol. The van der Waals surface area contributed by atoms with Crippen LogP contribution in [0.5, 0.6) is 0 Å². The van der Waals surface area contributed by atoms with E-state index in [9.17, 15) is 14.4 Å².